The number of rotatable bonds is 22. The van der Waals surface area contributed by atoms with Crippen LogP contribution in [0.5, 0.6) is 0 Å². The Hall–Kier alpha value is -5.92. The first-order valence-corrected chi connectivity index (χ1v) is 29.2. The number of fused-ring (bicyclic) bond motifs is 1. The number of carbonyl (C=O) groups excluding carboxylic acids is 6. The quantitative estimate of drug-likeness (QED) is 0.0701. The van der Waals surface area contributed by atoms with E-state index in [9.17, 15) is 39.0 Å². The van der Waals surface area contributed by atoms with Crippen molar-refractivity contribution in [3.05, 3.63) is 119 Å². The molecule has 4 aromatic carbocycles. The van der Waals surface area contributed by atoms with Crippen LogP contribution in [0.2, 0.25) is 0 Å². The summed E-state index contributed by atoms with van der Waals surface area (Å²) in [7, 11) is 0. The summed E-state index contributed by atoms with van der Waals surface area (Å²) in [4.78, 5) is 92.9. The fourth-order valence-electron chi connectivity index (χ4n) is 12.6. The number of aliphatic hydroxyl groups is 2. The Kier molecular flexibility index (Phi) is 20.2. The molecule has 5 amide bonds. The Bertz CT molecular complexity index is 2630. The number of benzene rings is 4. The van der Waals surface area contributed by atoms with E-state index in [0.717, 1.165) is 86.1 Å². The molecule has 7 atom stereocenters. The fourth-order valence-corrected chi connectivity index (χ4v) is 12.6. The summed E-state index contributed by atoms with van der Waals surface area (Å²) in [6.07, 6.45) is 10.9. The number of ketones is 1. The number of likely N-dealkylation sites (tertiary alicyclic amines) is 2. The molecule has 4 aromatic rings. The van der Waals surface area contributed by atoms with Gasteiger partial charge in [0.05, 0.1) is 24.3 Å². The van der Waals surface area contributed by atoms with Gasteiger partial charge in [0.15, 0.2) is 0 Å². The Morgan fingerprint density at radius 1 is 0.597 bits per heavy atom. The van der Waals surface area contributed by atoms with Crippen LogP contribution in [0.3, 0.4) is 0 Å². The maximum Gasteiger partial charge on any atom is 0.253 e. The lowest BCUT2D eigenvalue weighted by molar-refractivity contribution is -0.142. The van der Waals surface area contributed by atoms with Crippen LogP contribution in [0.15, 0.2) is 97.1 Å². The van der Waals surface area contributed by atoms with Gasteiger partial charge in [-0.15, -0.1) is 0 Å². The predicted molar refractivity (Wildman–Crippen MR) is 301 cm³/mol. The zero-order valence-corrected chi connectivity index (χ0v) is 46.2. The zero-order chi connectivity index (χ0) is 54.6. The Morgan fingerprint density at radius 2 is 1.05 bits per heavy atom. The number of carbonyl (C=O) groups is 6. The molecule has 414 valence electrons. The highest BCUT2D eigenvalue weighted by Crippen LogP contribution is 2.36. The Balaban J connectivity index is 1.03. The summed E-state index contributed by atoms with van der Waals surface area (Å²) in [5, 5.41) is 27.0. The summed E-state index contributed by atoms with van der Waals surface area (Å²) in [6, 6.07) is 29.4. The van der Waals surface area contributed by atoms with Crippen molar-refractivity contribution in [1.29, 1.82) is 0 Å². The first-order chi connectivity index (χ1) is 37.2. The molecular formula is C64H85N5O8. The zero-order valence-electron chi connectivity index (χ0n) is 46.2. The summed E-state index contributed by atoms with van der Waals surface area (Å²) < 4.78 is 0. The third-order valence-corrected chi connectivity index (χ3v) is 17.5. The number of hydrogen-bond donors (Lipinski definition) is 3. The lowest BCUT2D eigenvalue weighted by atomic mass is 9.76. The summed E-state index contributed by atoms with van der Waals surface area (Å²) in [5.41, 5.74) is 3.05. The van der Waals surface area contributed by atoms with Gasteiger partial charge in [-0.1, -0.05) is 139 Å². The van der Waals surface area contributed by atoms with Crippen molar-refractivity contribution in [2.75, 3.05) is 39.3 Å². The number of nitrogens with zero attached hydrogens (tertiary/aromatic N) is 4. The van der Waals surface area contributed by atoms with Gasteiger partial charge < -0.3 is 35.1 Å². The second-order valence-corrected chi connectivity index (χ2v) is 23.3. The maximum absolute atomic E-state index is 14.9. The van der Waals surface area contributed by atoms with Gasteiger partial charge in [-0.2, -0.15) is 0 Å². The van der Waals surface area contributed by atoms with E-state index in [1.807, 2.05) is 113 Å². The molecule has 0 radical (unpaired) electrons. The standard InChI is InChI=1S/C64H85N5O8/c1-5-44(4)60(73)65-59(48-24-16-9-17-25-48)64(77)69-42-56(71)37-54(69)40-67(33-31-46-20-12-7-13-21-46)62(75)52-29-27-49-34-51(28-26-50(49)35-52)61(74)66(32-30-45-18-10-6-11-19-45)39-53-36-55(70)41-68(53)63(76)57(38-58(72)43(2)3)47-22-14-8-15-23-47/h6-7,10-13,18-21,26-29,34-35,43-44,47-48,53-57,59,70-71H,5,8-9,14-17,22-25,30-33,36-42H2,1-4H3,(H,65,73)/t44-,53+,54+,55-,56-,57+,59+/m1/s1. The average Bonchev–Trinajstić information content (AvgIpc) is 4.05. The van der Waals surface area contributed by atoms with Gasteiger partial charge in [0.25, 0.3) is 11.8 Å². The molecule has 77 heavy (non-hydrogen) atoms. The van der Waals surface area contributed by atoms with E-state index in [1.54, 1.807) is 31.7 Å². The first kappa shape index (κ1) is 57.3. The van der Waals surface area contributed by atoms with Crippen LogP contribution in [-0.2, 0) is 32.0 Å². The molecule has 2 saturated carbocycles. The average molecular weight is 1050 g/mol. The van der Waals surface area contributed by atoms with Crippen LogP contribution in [0.1, 0.15) is 149 Å². The number of nitrogens with one attached hydrogen (secondary N) is 1. The molecule has 0 aromatic heterocycles. The topological polar surface area (TPSA) is 168 Å². The van der Waals surface area contributed by atoms with Crippen molar-refractivity contribution in [2.24, 2.45) is 29.6 Å². The van der Waals surface area contributed by atoms with Crippen LogP contribution in [0.25, 0.3) is 10.8 Å². The van der Waals surface area contributed by atoms with Crippen LogP contribution in [0, 0.1) is 29.6 Å². The van der Waals surface area contributed by atoms with Crippen molar-refractivity contribution in [3.63, 3.8) is 0 Å². The number of β-amino-alcohol motifs (C(OH)–C–C–N with tert-alkyl or cyclic N) is 2. The molecule has 2 saturated heterocycles. The lowest BCUT2D eigenvalue weighted by Gasteiger charge is -2.37. The van der Waals surface area contributed by atoms with Gasteiger partial charge in [0.1, 0.15) is 11.8 Å². The summed E-state index contributed by atoms with van der Waals surface area (Å²) >= 11 is 0. The lowest BCUT2D eigenvalue weighted by Crippen LogP contribution is -2.56. The van der Waals surface area contributed by atoms with E-state index in [2.05, 4.69) is 5.32 Å². The number of aliphatic hydroxyl groups excluding tert-OH is 2. The van der Waals surface area contributed by atoms with E-state index in [1.165, 1.54) is 0 Å². The highest BCUT2D eigenvalue weighted by Gasteiger charge is 2.44. The van der Waals surface area contributed by atoms with Gasteiger partial charge in [-0.05, 0) is 116 Å². The van der Waals surface area contributed by atoms with E-state index in [0.29, 0.717) is 56.3 Å². The summed E-state index contributed by atoms with van der Waals surface area (Å²) in [6.45, 7) is 9.09. The molecule has 13 nitrogen and oxygen atoms in total. The Morgan fingerprint density at radius 3 is 1.51 bits per heavy atom. The van der Waals surface area contributed by atoms with Gasteiger partial charge in [-0.3, -0.25) is 28.8 Å². The third-order valence-electron chi connectivity index (χ3n) is 17.5. The second kappa shape index (κ2) is 27.1. The summed E-state index contributed by atoms with van der Waals surface area (Å²) in [5.74, 6) is -1.52. The van der Waals surface area contributed by atoms with E-state index in [4.69, 9.17) is 0 Å². The van der Waals surface area contributed by atoms with Crippen molar-refractivity contribution >= 4 is 46.1 Å². The molecule has 4 fully saturated rings. The van der Waals surface area contributed by atoms with E-state index < -0.39 is 36.3 Å². The van der Waals surface area contributed by atoms with Gasteiger partial charge >= 0.3 is 0 Å². The van der Waals surface area contributed by atoms with Crippen LogP contribution >= 0.6 is 0 Å². The fraction of sp³-hybridized carbons (Fsp3) is 0.562. The molecule has 0 bridgehead atoms. The van der Waals surface area contributed by atoms with Crippen molar-refractivity contribution in [1.82, 2.24) is 24.9 Å². The van der Waals surface area contributed by atoms with Crippen molar-refractivity contribution < 1.29 is 39.0 Å². The number of Topliss-reactive ketones (excluding diaryl/α,β-unsaturated/α-hetero) is 1. The van der Waals surface area contributed by atoms with Crippen LogP contribution in [0.4, 0.5) is 0 Å². The first-order valence-electron chi connectivity index (χ1n) is 29.2. The van der Waals surface area contributed by atoms with Crippen LogP contribution < -0.4 is 5.32 Å². The maximum atomic E-state index is 14.9. The van der Waals surface area contributed by atoms with E-state index >= 15 is 0 Å². The molecule has 4 aliphatic rings. The third kappa shape index (κ3) is 14.8. The molecule has 3 N–H and O–H groups in total. The SMILES string of the molecule is CC[C@@H](C)C(=O)N[C@H](C(=O)N1C[C@H](O)C[C@H]1CN(CCc1ccccc1)C(=O)c1ccc2cc(C(=O)N(CCc3ccccc3)C[C@@H]3C[C@@H](O)CN3C(=O)[C@@H](CC(=O)C(C)C)C3CCCCC3)ccc2c1)C1CCCCC1. The van der Waals surface area contributed by atoms with Gasteiger partial charge in [0, 0.05) is 74.6 Å². The molecule has 13 heteroatoms. The van der Waals surface area contributed by atoms with Gasteiger partial charge in [-0.25, -0.2) is 0 Å². The molecule has 2 aliphatic heterocycles. The second-order valence-electron chi connectivity index (χ2n) is 23.3. The molecule has 0 spiro atoms. The molecule has 2 heterocycles. The largest absolute Gasteiger partial charge is 0.391 e. The molecular weight excluding hydrogens is 967 g/mol. The minimum atomic E-state index is -0.768. The molecule has 0 unspecified atom stereocenters. The highest BCUT2D eigenvalue weighted by atomic mass is 16.3. The molecule has 2 aliphatic carbocycles. The minimum absolute atomic E-state index is 0.00343. The minimum Gasteiger partial charge on any atom is -0.391 e. The highest BCUT2D eigenvalue weighted by molar-refractivity contribution is 6.02. The normalized spacial score (nSPS) is 21.4. The predicted octanol–water partition coefficient (Wildman–Crippen LogP) is 9.06. The molecule has 8 rings (SSSR count). The van der Waals surface area contributed by atoms with E-state index in [-0.39, 0.29) is 91.6 Å². The number of hydrogen-bond acceptors (Lipinski definition) is 8. The van der Waals surface area contributed by atoms with Crippen molar-refractivity contribution in [3.8, 4) is 0 Å². The number of amides is 5. The van der Waals surface area contributed by atoms with Crippen LogP contribution in [-0.4, -0.2) is 135 Å². The van der Waals surface area contributed by atoms with Crippen molar-refractivity contribution in [2.45, 2.75) is 161 Å². The Labute approximate surface area is 457 Å². The van der Waals surface area contributed by atoms with Gasteiger partial charge in [0.2, 0.25) is 17.7 Å². The monoisotopic (exact) mass is 1050 g/mol. The smallest absolute Gasteiger partial charge is 0.253 e.